The van der Waals surface area contributed by atoms with Crippen molar-refractivity contribution < 1.29 is 14.6 Å². The number of hydrogen-bond acceptors (Lipinski definition) is 5. The molecule has 5 nitrogen and oxygen atoms in total. The molecule has 0 aliphatic rings. The Labute approximate surface area is 125 Å². The number of rotatable bonds is 10. The van der Waals surface area contributed by atoms with Crippen molar-refractivity contribution in [2.24, 2.45) is 0 Å². The normalized spacial score (nSPS) is 13.3. The van der Waals surface area contributed by atoms with Crippen molar-refractivity contribution >= 4 is 12.4 Å². The number of aliphatic hydroxyl groups excluding tert-OH is 1. The molecule has 5 heteroatoms. The second-order valence-electron chi connectivity index (χ2n) is 4.97. The highest BCUT2D eigenvalue weighted by Crippen LogP contribution is 2.39. The lowest BCUT2D eigenvalue weighted by Gasteiger charge is -2.33. The van der Waals surface area contributed by atoms with Crippen LogP contribution in [0.4, 0.5) is 0 Å². The van der Waals surface area contributed by atoms with Crippen LogP contribution in [0.25, 0.3) is 0 Å². The summed E-state index contributed by atoms with van der Waals surface area (Å²) in [7, 11) is 3.18. The van der Waals surface area contributed by atoms with Crippen LogP contribution in [0.3, 0.4) is 0 Å². The van der Waals surface area contributed by atoms with Crippen molar-refractivity contribution in [3.8, 4) is 11.5 Å². The van der Waals surface area contributed by atoms with Gasteiger partial charge in [0.05, 0.1) is 14.2 Å². The summed E-state index contributed by atoms with van der Waals surface area (Å²) < 4.78 is 10.6. The summed E-state index contributed by atoms with van der Waals surface area (Å²) in [5, 5.41) is 24.2. The molecule has 0 aromatic heterocycles. The Morgan fingerprint density at radius 2 is 1.81 bits per heavy atom. The van der Waals surface area contributed by atoms with Crippen molar-refractivity contribution in [1.82, 2.24) is 0 Å². The summed E-state index contributed by atoms with van der Waals surface area (Å²) in [6, 6.07) is 5.70. The molecule has 116 valence electrons. The zero-order valence-corrected chi connectivity index (χ0v) is 12.7. The van der Waals surface area contributed by atoms with Crippen molar-refractivity contribution in [3.05, 3.63) is 23.8 Å². The summed E-state index contributed by atoms with van der Waals surface area (Å²) in [6.07, 6.45) is 5.14. The Balaban J connectivity index is 3.28. The SMILES string of the molecule is COc1ccc(C(CC=N)(CCO)CCC=N)cc1OC. The molecule has 0 saturated heterocycles. The van der Waals surface area contributed by atoms with Gasteiger partial charge in [0.15, 0.2) is 11.5 Å². The number of nitrogens with one attached hydrogen (secondary N) is 2. The average molecular weight is 292 g/mol. The van der Waals surface area contributed by atoms with Crippen molar-refractivity contribution in [1.29, 1.82) is 10.8 Å². The van der Waals surface area contributed by atoms with E-state index in [1.54, 1.807) is 14.2 Å². The van der Waals surface area contributed by atoms with Gasteiger partial charge in [-0.3, -0.25) is 0 Å². The van der Waals surface area contributed by atoms with Gasteiger partial charge in [-0.05, 0) is 55.8 Å². The molecule has 1 rings (SSSR count). The summed E-state index contributed by atoms with van der Waals surface area (Å²) in [6.45, 7) is 0.0418. The molecule has 1 atom stereocenters. The number of methoxy groups -OCH3 is 2. The highest BCUT2D eigenvalue weighted by Gasteiger charge is 2.31. The molecule has 0 fully saturated rings. The molecule has 0 amide bonds. The Kier molecular flexibility index (Phi) is 6.88. The van der Waals surface area contributed by atoms with E-state index in [0.717, 1.165) is 5.56 Å². The third kappa shape index (κ3) is 4.04. The average Bonchev–Trinajstić information content (AvgIpc) is 2.52. The van der Waals surface area contributed by atoms with Crippen LogP contribution in [0.2, 0.25) is 0 Å². The van der Waals surface area contributed by atoms with Gasteiger partial charge in [-0.25, -0.2) is 0 Å². The van der Waals surface area contributed by atoms with Gasteiger partial charge < -0.3 is 25.4 Å². The molecule has 21 heavy (non-hydrogen) atoms. The summed E-state index contributed by atoms with van der Waals surface area (Å²) in [5.41, 5.74) is 0.646. The standard InChI is InChI=1S/C16H24N2O3/c1-20-14-5-4-13(12-15(14)21-2)16(7-10-18,8-11-19)6-3-9-17/h4-5,9-10,12,17-19H,3,6-8,11H2,1-2H3. The highest BCUT2D eigenvalue weighted by atomic mass is 16.5. The first kappa shape index (κ1) is 17.2. The maximum absolute atomic E-state index is 9.43. The largest absolute Gasteiger partial charge is 0.493 e. The van der Waals surface area contributed by atoms with E-state index in [9.17, 15) is 5.11 Å². The van der Waals surface area contributed by atoms with E-state index in [1.807, 2.05) is 18.2 Å². The minimum atomic E-state index is -0.354. The van der Waals surface area contributed by atoms with Crippen LogP contribution in [0.5, 0.6) is 11.5 Å². The predicted molar refractivity (Wildman–Crippen MR) is 84.3 cm³/mol. The van der Waals surface area contributed by atoms with Crippen LogP contribution >= 0.6 is 0 Å². The molecule has 0 radical (unpaired) electrons. The molecular weight excluding hydrogens is 268 g/mol. The first-order chi connectivity index (χ1) is 10.2. The van der Waals surface area contributed by atoms with Crippen LogP contribution in [-0.4, -0.2) is 38.4 Å². The third-order valence-electron chi connectivity index (χ3n) is 3.85. The van der Waals surface area contributed by atoms with E-state index in [0.29, 0.717) is 37.2 Å². The van der Waals surface area contributed by atoms with Crippen LogP contribution in [-0.2, 0) is 5.41 Å². The lowest BCUT2D eigenvalue weighted by molar-refractivity contribution is 0.233. The number of benzene rings is 1. The number of ether oxygens (including phenoxy) is 2. The summed E-state index contributed by atoms with van der Waals surface area (Å²) in [5.74, 6) is 1.29. The van der Waals surface area contributed by atoms with Gasteiger partial charge in [0.25, 0.3) is 0 Å². The van der Waals surface area contributed by atoms with E-state index in [-0.39, 0.29) is 12.0 Å². The molecule has 1 aromatic carbocycles. The van der Waals surface area contributed by atoms with E-state index >= 15 is 0 Å². The fourth-order valence-electron chi connectivity index (χ4n) is 2.66. The quantitative estimate of drug-likeness (QED) is 0.579. The van der Waals surface area contributed by atoms with Crippen molar-refractivity contribution in [2.75, 3.05) is 20.8 Å². The van der Waals surface area contributed by atoms with Gasteiger partial charge in [0.2, 0.25) is 0 Å². The molecule has 0 aliphatic carbocycles. The second kappa shape index (κ2) is 8.42. The minimum Gasteiger partial charge on any atom is -0.493 e. The maximum atomic E-state index is 9.43. The van der Waals surface area contributed by atoms with Gasteiger partial charge in [-0.15, -0.1) is 0 Å². The van der Waals surface area contributed by atoms with Gasteiger partial charge in [-0.1, -0.05) is 6.07 Å². The Morgan fingerprint density at radius 1 is 1.10 bits per heavy atom. The molecule has 0 aliphatic heterocycles. The number of hydrogen-bond donors (Lipinski definition) is 3. The van der Waals surface area contributed by atoms with Crippen molar-refractivity contribution in [3.63, 3.8) is 0 Å². The second-order valence-corrected chi connectivity index (χ2v) is 4.97. The summed E-state index contributed by atoms with van der Waals surface area (Å²) in [4.78, 5) is 0. The van der Waals surface area contributed by atoms with Crippen LogP contribution in [0.15, 0.2) is 18.2 Å². The molecule has 0 bridgehead atoms. The third-order valence-corrected chi connectivity index (χ3v) is 3.85. The van der Waals surface area contributed by atoms with Gasteiger partial charge in [0.1, 0.15) is 0 Å². The smallest absolute Gasteiger partial charge is 0.161 e. The van der Waals surface area contributed by atoms with E-state index in [4.69, 9.17) is 20.3 Å². The fourth-order valence-corrected chi connectivity index (χ4v) is 2.66. The summed E-state index contributed by atoms with van der Waals surface area (Å²) >= 11 is 0. The van der Waals surface area contributed by atoms with Crippen molar-refractivity contribution in [2.45, 2.75) is 31.1 Å². The van der Waals surface area contributed by atoms with Gasteiger partial charge in [-0.2, -0.15) is 0 Å². The fraction of sp³-hybridized carbons (Fsp3) is 0.500. The van der Waals surface area contributed by atoms with Crippen LogP contribution in [0, 0.1) is 10.8 Å². The molecule has 0 saturated carbocycles. The molecule has 3 N–H and O–H groups in total. The topological polar surface area (TPSA) is 86.4 Å². The predicted octanol–water partition coefficient (Wildman–Crippen LogP) is 2.79. The van der Waals surface area contributed by atoms with Crippen LogP contribution in [0.1, 0.15) is 31.2 Å². The van der Waals surface area contributed by atoms with E-state index in [1.165, 1.54) is 12.4 Å². The highest BCUT2D eigenvalue weighted by molar-refractivity contribution is 5.59. The lowest BCUT2D eigenvalue weighted by Crippen LogP contribution is -2.28. The molecule has 1 aromatic rings. The monoisotopic (exact) mass is 292 g/mol. The maximum Gasteiger partial charge on any atom is 0.161 e. The van der Waals surface area contributed by atoms with Gasteiger partial charge >= 0.3 is 0 Å². The molecule has 0 heterocycles. The lowest BCUT2D eigenvalue weighted by atomic mass is 9.72. The van der Waals surface area contributed by atoms with Gasteiger partial charge in [0, 0.05) is 12.0 Å². The Hall–Kier alpha value is -1.88. The molecular formula is C16H24N2O3. The Bertz CT molecular complexity index is 477. The minimum absolute atomic E-state index is 0.0418. The zero-order chi connectivity index (χ0) is 15.7. The van der Waals surface area contributed by atoms with E-state index in [2.05, 4.69) is 0 Å². The molecule has 1 unspecified atom stereocenters. The zero-order valence-electron chi connectivity index (χ0n) is 12.7. The number of aliphatic hydroxyl groups is 1. The first-order valence-corrected chi connectivity index (χ1v) is 6.98. The Morgan fingerprint density at radius 3 is 2.33 bits per heavy atom. The van der Waals surface area contributed by atoms with E-state index < -0.39 is 0 Å². The van der Waals surface area contributed by atoms with Crippen LogP contribution < -0.4 is 9.47 Å². The first-order valence-electron chi connectivity index (χ1n) is 6.98. The molecule has 0 spiro atoms.